The molecule has 96 valence electrons. The first-order chi connectivity index (χ1) is 8.72. The maximum atomic E-state index is 4.70. The molecule has 1 aromatic heterocycles. The second kappa shape index (κ2) is 4.94. The van der Waals surface area contributed by atoms with Crippen molar-refractivity contribution in [3.63, 3.8) is 0 Å². The Kier molecular flexibility index (Phi) is 3.31. The van der Waals surface area contributed by atoms with Gasteiger partial charge in [-0.2, -0.15) is 11.8 Å². The van der Waals surface area contributed by atoms with E-state index in [9.17, 15) is 0 Å². The number of fused-ring (bicyclic) bond motifs is 1. The molecule has 0 saturated carbocycles. The fraction of sp³-hybridized carbons (Fsp3) is 0.500. The minimum Gasteiger partial charge on any atom is -0.342 e. The first kappa shape index (κ1) is 12.1. The van der Waals surface area contributed by atoms with E-state index in [1.54, 1.807) is 0 Å². The van der Waals surface area contributed by atoms with Crippen LogP contribution in [0.4, 0.5) is 0 Å². The first-order valence-electron chi connectivity index (χ1n) is 6.49. The van der Waals surface area contributed by atoms with Crippen LogP contribution in [0.1, 0.15) is 17.0 Å². The number of thioether (sulfide) groups is 1. The summed E-state index contributed by atoms with van der Waals surface area (Å²) in [4.78, 5) is 8.15. The molecule has 0 aliphatic carbocycles. The third-order valence-corrected chi connectivity index (χ3v) is 4.72. The highest BCUT2D eigenvalue weighted by molar-refractivity contribution is 7.99. The van der Waals surface area contributed by atoms with E-state index >= 15 is 0 Å². The predicted octanol–water partition coefficient (Wildman–Crippen LogP) is 2.43. The molecule has 2 heterocycles. The summed E-state index contributed by atoms with van der Waals surface area (Å²) in [6, 6.07) is 4.93. The van der Waals surface area contributed by atoms with Gasteiger partial charge in [0, 0.05) is 30.5 Å². The topological polar surface area (TPSA) is 40.7 Å². The number of hydrogen-bond acceptors (Lipinski definition) is 3. The average molecular weight is 261 g/mol. The van der Waals surface area contributed by atoms with Crippen molar-refractivity contribution >= 4 is 22.8 Å². The molecular weight excluding hydrogens is 242 g/mol. The molecule has 1 aromatic carbocycles. The SMILES string of the molecule is Cc1cc2nc(CC3CSCCN3)[nH]c2cc1C. The van der Waals surface area contributed by atoms with Crippen molar-refractivity contribution in [1.29, 1.82) is 0 Å². The Morgan fingerprint density at radius 2 is 2.17 bits per heavy atom. The summed E-state index contributed by atoms with van der Waals surface area (Å²) in [5.74, 6) is 3.53. The monoisotopic (exact) mass is 261 g/mol. The number of aromatic amines is 1. The van der Waals surface area contributed by atoms with Crippen molar-refractivity contribution in [2.45, 2.75) is 26.3 Å². The van der Waals surface area contributed by atoms with E-state index in [1.807, 2.05) is 11.8 Å². The molecule has 1 saturated heterocycles. The van der Waals surface area contributed by atoms with Crippen molar-refractivity contribution in [3.05, 3.63) is 29.1 Å². The van der Waals surface area contributed by atoms with Crippen LogP contribution in [0.15, 0.2) is 12.1 Å². The van der Waals surface area contributed by atoms with E-state index in [4.69, 9.17) is 4.98 Å². The maximum Gasteiger partial charge on any atom is 0.108 e. The van der Waals surface area contributed by atoms with E-state index in [-0.39, 0.29) is 0 Å². The Balaban J connectivity index is 1.84. The van der Waals surface area contributed by atoms with Gasteiger partial charge < -0.3 is 10.3 Å². The molecule has 1 fully saturated rings. The summed E-state index contributed by atoms with van der Waals surface area (Å²) in [7, 11) is 0. The van der Waals surface area contributed by atoms with Gasteiger partial charge in [0.05, 0.1) is 11.0 Å². The highest BCUT2D eigenvalue weighted by Gasteiger charge is 2.15. The zero-order chi connectivity index (χ0) is 12.5. The number of rotatable bonds is 2. The zero-order valence-corrected chi connectivity index (χ0v) is 11.7. The summed E-state index contributed by atoms with van der Waals surface area (Å²) in [5.41, 5.74) is 4.89. The van der Waals surface area contributed by atoms with E-state index in [2.05, 4.69) is 36.3 Å². The number of nitrogens with one attached hydrogen (secondary N) is 2. The third-order valence-electron chi connectivity index (χ3n) is 3.58. The van der Waals surface area contributed by atoms with Gasteiger partial charge in [-0.15, -0.1) is 0 Å². The molecule has 0 bridgehead atoms. The second-order valence-electron chi connectivity index (χ2n) is 5.07. The molecule has 0 amide bonds. The van der Waals surface area contributed by atoms with Gasteiger partial charge in [-0.25, -0.2) is 4.98 Å². The van der Waals surface area contributed by atoms with Crippen LogP contribution in [-0.2, 0) is 6.42 Å². The molecule has 1 aliphatic heterocycles. The molecule has 3 nitrogen and oxygen atoms in total. The largest absolute Gasteiger partial charge is 0.342 e. The molecule has 18 heavy (non-hydrogen) atoms. The van der Waals surface area contributed by atoms with Gasteiger partial charge in [0.2, 0.25) is 0 Å². The molecular formula is C14H19N3S. The number of hydrogen-bond donors (Lipinski definition) is 2. The average Bonchev–Trinajstić information content (AvgIpc) is 2.72. The van der Waals surface area contributed by atoms with E-state index in [0.29, 0.717) is 6.04 Å². The van der Waals surface area contributed by atoms with Crippen LogP contribution in [0.2, 0.25) is 0 Å². The molecule has 0 radical (unpaired) electrons. The number of aryl methyl sites for hydroxylation is 2. The third kappa shape index (κ3) is 2.40. The van der Waals surface area contributed by atoms with Crippen molar-refractivity contribution in [2.75, 3.05) is 18.1 Å². The van der Waals surface area contributed by atoms with Gasteiger partial charge in [0.15, 0.2) is 0 Å². The molecule has 0 spiro atoms. The summed E-state index contributed by atoms with van der Waals surface area (Å²) < 4.78 is 0. The van der Waals surface area contributed by atoms with Crippen LogP contribution in [-0.4, -0.2) is 34.1 Å². The zero-order valence-electron chi connectivity index (χ0n) is 10.9. The second-order valence-corrected chi connectivity index (χ2v) is 6.22. The van der Waals surface area contributed by atoms with Gasteiger partial charge in [-0.1, -0.05) is 0 Å². The molecule has 1 unspecified atom stereocenters. The van der Waals surface area contributed by atoms with Crippen molar-refractivity contribution in [2.24, 2.45) is 0 Å². The molecule has 4 heteroatoms. The molecule has 2 aromatic rings. The molecule has 2 N–H and O–H groups in total. The van der Waals surface area contributed by atoms with Gasteiger partial charge in [-0.05, 0) is 37.1 Å². The summed E-state index contributed by atoms with van der Waals surface area (Å²) in [6.07, 6.45) is 1.000. The van der Waals surface area contributed by atoms with E-state index < -0.39 is 0 Å². The van der Waals surface area contributed by atoms with E-state index in [1.165, 1.54) is 22.6 Å². The fourth-order valence-electron chi connectivity index (χ4n) is 2.40. The Morgan fingerprint density at radius 1 is 1.33 bits per heavy atom. The maximum absolute atomic E-state index is 4.70. The normalized spacial score (nSPS) is 20.4. The predicted molar refractivity (Wildman–Crippen MR) is 78.4 cm³/mol. The van der Waals surface area contributed by atoms with Gasteiger partial charge >= 0.3 is 0 Å². The van der Waals surface area contributed by atoms with Crippen LogP contribution in [0.5, 0.6) is 0 Å². The van der Waals surface area contributed by atoms with Crippen LogP contribution >= 0.6 is 11.8 Å². The van der Waals surface area contributed by atoms with Crippen molar-refractivity contribution in [1.82, 2.24) is 15.3 Å². The van der Waals surface area contributed by atoms with E-state index in [0.717, 1.165) is 29.8 Å². The number of benzene rings is 1. The summed E-state index contributed by atoms with van der Waals surface area (Å²) in [5, 5.41) is 3.55. The molecule has 1 atom stereocenters. The molecule has 1 aliphatic rings. The number of imidazole rings is 1. The van der Waals surface area contributed by atoms with Crippen molar-refractivity contribution < 1.29 is 0 Å². The lowest BCUT2D eigenvalue weighted by atomic mass is 10.1. The van der Waals surface area contributed by atoms with Gasteiger partial charge in [-0.3, -0.25) is 0 Å². The van der Waals surface area contributed by atoms with Crippen LogP contribution in [0.25, 0.3) is 11.0 Å². The lowest BCUT2D eigenvalue weighted by Crippen LogP contribution is -2.39. The van der Waals surface area contributed by atoms with Gasteiger partial charge in [0.25, 0.3) is 0 Å². The first-order valence-corrected chi connectivity index (χ1v) is 7.65. The number of aromatic nitrogens is 2. The highest BCUT2D eigenvalue weighted by Crippen LogP contribution is 2.18. The standard InChI is InChI=1S/C14H19N3S/c1-9-5-12-13(6-10(9)2)17-14(16-12)7-11-8-18-4-3-15-11/h5-6,11,15H,3-4,7-8H2,1-2H3,(H,16,17). The van der Waals surface area contributed by atoms with Crippen LogP contribution in [0.3, 0.4) is 0 Å². The van der Waals surface area contributed by atoms with Gasteiger partial charge in [0.1, 0.15) is 5.82 Å². The van der Waals surface area contributed by atoms with Crippen LogP contribution in [0, 0.1) is 13.8 Å². The smallest absolute Gasteiger partial charge is 0.108 e. The summed E-state index contributed by atoms with van der Waals surface area (Å²) in [6.45, 7) is 5.41. The Morgan fingerprint density at radius 3 is 2.94 bits per heavy atom. The molecule has 3 rings (SSSR count). The van der Waals surface area contributed by atoms with Crippen molar-refractivity contribution in [3.8, 4) is 0 Å². The van der Waals surface area contributed by atoms with Crippen LogP contribution < -0.4 is 5.32 Å². The lowest BCUT2D eigenvalue weighted by molar-refractivity contribution is 0.553. The quantitative estimate of drug-likeness (QED) is 0.872. The minimum absolute atomic E-state index is 0.562. The highest BCUT2D eigenvalue weighted by atomic mass is 32.2. The Bertz CT molecular complexity index is 516. The number of H-pyrrole nitrogens is 1. The lowest BCUT2D eigenvalue weighted by Gasteiger charge is -2.21. The Labute approximate surface area is 112 Å². The minimum atomic E-state index is 0.562. The summed E-state index contributed by atoms with van der Waals surface area (Å²) >= 11 is 2.03. The Hall–Kier alpha value is -1.00. The fourth-order valence-corrected chi connectivity index (χ4v) is 3.35. The number of nitrogens with zero attached hydrogens (tertiary/aromatic N) is 1.